The number of aliphatic hydroxyl groups is 4. The third kappa shape index (κ3) is 18.6. The van der Waals surface area contributed by atoms with E-state index >= 15 is 0 Å². The third-order valence-corrected chi connectivity index (χ3v) is 7.12. The first-order valence-corrected chi connectivity index (χ1v) is 14.4. The van der Waals surface area contributed by atoms with Crippen LogP contribution in [0.1, 0.15) is 0 Å². The van der Waals surface area contributed by atoms with E-state index in [0.717, 1.165) is 52.4 Å². The molecule has 2 fully saturated rings. The zero-order valence-electron chi connectivity index (χ0n) is 20.4. The Morgan fingerprint density at radius 3 is 1.03 bits per heavy atom. The summed E-state index contributed by atoms with van der Waals surface area (Å²) >= 11 is 0. The van der Waals surface area contributed by atoms with Crippen LogP contribution < -0.4 is 0 Å². The van der Waals surface area contributed by atoms with Gasteiger partial charge in [-0.05, 0) is 0 Å². The number of piperazine rings is 2. The molecule has 18 heteroatoms. The maximum absolute atomic E-state index is 10.6. The van der Waals surface area contributed by atoms with Crippen molar-refractivity contribution in [2.75, 3.05) is 103 Å². The Hall–Kier alpha value is -0.580. The van der Waals surface area contributed by atoms with E-state index in [1.54, 1.807) is 0 Å². The van der Waals surface area contributed by atoms with Gasteiger partial charge < -0.3 is 31.4 Å². The average Bonchev–Trinajstić information content (AvgIpc) is 2.69. The second-order valence-electron chi connectivity index (χ2n) is 8.54. The number of hydrogen-bond donors (Lipinski definition) is 6. The van der Waals surface area contributed by atoms with E-state index in [4.69, 9.17) is 19.3 Å². The van der Waals surface area contributed by atoms with Crippen molar-refractivity contribution >= 4 is 20.2 Å². The summed E-state index contributed by atoms with van der Waals surface area (Å²) in [7, 11) is -8.23. The second kappa shape index (κ2) is 18.6. The Morgan fingerprint density at radius 2 is 0.806 bits per heavy atom. The van der Waals surface area contributed by atoms with Gasteiger partial charge in [0.1, 0.15) is 11.5 Å². The topological polar surface area (TPSA) is 266 Å². The predicted octanol–water partition coefficient (Wildman–Crippen LogP) is -5.96. The van der Waals surface area contributed by atoms with Crippen molar-refractivity contribution in [2.45, 2.75) is 12.2 Å². The molecule has 220 valence electrons. The number of nitrogens with zero attached hydrogens (tertiary/aromatic N) is 4. The Kier molecular flexibility index (Phi) is 19.4. The first-order valence-electron chi connectivity index (χ1n) is 11.2. The minimum absolute atomic E-state index is 0. The lowest BCUT2D eigenvalue weighted by molar-refractivity contribution is 0.0736. The van der Waals surface area contributed by atoms with Gasteiger partial charge in [-0.25, -0.2) is 0 Å². The summed E-state index contributed by atoms with van der Waals surface area (Å²) in [6, 6.07) is 0. The van der Waals surface area contributed by atoms with Gasteiger partial charge in [-0.2, -0.15) is 16.8 Å². The molecule has 0 spiro atoms. The average molecular weight is 573 g/mol. The molecule has 2 aliphatic heterocycles. The molecule has 0 bridgehead atoms. The quantitative estimate of drug-likeness (QED) is 0.119. The highest BCUT2D eigenvalue weighted by Gasteiger charge is 2.22. The van der Waals surface area contributed by atoms with E-state index < -0.39 is 43.9 Å². The number of β-amino-alcohol motifs (C(OH)–C–C–N with tert-alkyl or cyclic N) is 4. The molecule has 0 amide bonds. The predicted molar refractivity (Wildman–Crippen MR) is 132 cm³/mol. The minimum atomic E-state index is -4.11. The van der Waals surface area contributed by atoms with E-state index in [9.17, 15) is 27.0 Å². The van der Waals surface area contributed by atoms with Gasteiger partial charge in [-0.1, -0.05) is 0 Å². The fourth-order valence-electron chi connectivity index (χ4n) is 3.86. The number of rotatable bonds is 12. The first kappa shape index (κ1) is 37.6. The van der Waals surface area contributed by atoms with E-state index in [2.05, 4.69) is 9.80 Å². The normalized spacial score (nSPS) is 20.4. The van der Waals surface area contributed by atoms with Crippen molar-refractivity contribution in [3.05, 3.63) is 0 Å². The van der Waals surface area contributed by atoms with Gasteiger partial charge in [0.25, 0.3) is 20.2 Å². The molecule has 2 atom stereocenters. The van der Waals surface area contributed by atoms with Crippen LogP contribution in [0.5, 0.6) is 0 Å². The van der Waals surface area contributed by atoms with Crippen molar-refractivity contribution in [3.63, 3.8) is 0 Å². The second-order valence-corrected chi connectivity index (χ2v) is 11.5. The molecular formula is C18H44N4O12S2. The Morgan fingerprint density at radius 1 is 0.556 bits per heavy atom. The molecule has 0 aromatic carbocycles. The van der Waals surface area contributed by atoms with E-state index in [0.29, 0.717) is 13.1 Å². The highest BCUT2D eigenvalue weighted by molar-refractivity contribution is 7.86. The molecule has 0 aromatic heterocycles. The van der Waals surface area contributed by atoms with Crippen LogP contribution in [0.25, 0.3) is 0 Å². The summed E-state index contributed by atoms with van der Waals surface area (Å²) < 4.78 is 59.4. The Bertz CT molecular complexity index is 694. The van der Waals surface area contributed by atoms with Crippen LogP contribution in [0.15, 0.2) is 0 Å². The molecule has 10 N–H and O–H groups in total. The van der Waals surface area contributed by atoms with Gasteiger partial charge in [0.15, 0.2) is 0 Å². The first-order chi connectivity index (χ1) is 15.8. The number of aliphatic hydroxyl groups excluding tert-OH is 4. The van der Waals surface area contributed by atoms with Gasteiger partial charge >= 0.3 is 0 Å². The fraction of sp³-hybridized carbons (Fsp3) is 1.00. The van der Waals surface area contributed by atoms with Crippen LogP contribution in [-0.4, -0.2) is 192 Å². The summed E-state index contributed by atoms with van der Waals surface area (Å²) in [6.45, 7) is 8.09. The molecule has 2 unspecified atom stereocenters. The molecule has 0 aromatic rings. The van der Waals surface area contributed by atoms with Crippen LogP contribution in [0.3, 0.4) is 0 Å². The lowest BCUT2D eigenvalue weighted by Crippen LogP contribution is -2.49. The van der Waals surface area contributed by atoms with E-state index in [1.807, 2.05) is 9.80 Å². The van der Waals surface area contributed by atoms with Crippen molar-refractivity contribution in [1.82, 2.24) is 19.6 Å². The zero-order valence-corrected chi connectivity index (χ0v) is 22.0. The monoisotopic (exact) mass is 572 g/mol. The molecule has 2 aliphatic rings. The maximum Gasteiger partial charge on any atom is 0.267 e. The highest BCUT2D eigenvalue weighted by atomic mass is 32.2. The van der Waals surface area contributed by atoms with Gasteiger partial charge in [-0.15, -0.1) is 0 Å². The molecule has 0 radical (unpaired) electrons. The van der Waals surface area contributed by atoms with Gasteiger partial charge in [0, 0.05) is 78.5 Å². The van der Waals surface area contributed by atoms with Crippen LogP contribution in [0.2, 0.25) is 0 Å². The van der Waals surface area contributed by atoms with E-state index in [1.165, 1.54) is 0 Å². The van der Waals surface area contributed by atoms with Gasteiger partial charge in [0.05, 0.1) is 25.4 Å². The van der Waals surface area contributed by atoms with Crippen LogP contribution in [-0.2, 0) is 20.2 Å². The summed E-state index contributed by atoms with van der Waals surface area (Å²) in [5, 5.41) is 36.5. The highest BCUT2D eigenvalue weighted by Crippen LogP contribution is 2.04. The zero-order chi connectivity index (χ0) is 25.8. The fourth-order valence-corrected chi connectivity index (χ4v) is 5.04. The summed E-state index contributed by atoms with van der Waals surface area (Å²) in [4.78, 5) is 8.10. The maximum atomic E-state index is 10.6. The third-order valence-electron chi connectivity index (χ3n) is 5.51. The standard InChI is InChI=1S/2C9H20N2O5S.2H2O/c2*12-6-5-10-1-3-11(4-2-10)7-9(13)8-17(14,15)16;;/h2*9,12-13H,1-8H2,(H,14,15,16);2*1H2. The molecular weight excluding hydrogens is 528 g/mol. The summed E-state index contributed by atoms with van der Waals surface area (Å²) in [5.74, 6) is -1.24. The van der Waals surface area contributed by atoms with Crippen LogP contribution in [0.4, 0.5) is 0 Å². The molecule has 16 nitrogen and oxygen atoms in total. The smallest absolute Gasteiger partial charge is 0.267 e. The lowest BCUT2D eigenvalue weighted by atomic mass is 10.3. The minimum Gasteiger partial charge on any atom is -0.412 e. The molecule has 2 heterocycles. The number of hydrogen-bond acceptors (Lipinski definition) is 12. The summed E-state index contributed by atoms with van der Waals surface area (Å²) in [6.07, 6.45) is -2.12. The SMILES string of the molecule is O.O.O=S(=O)(O)CC(O)CN1CCN(CCO)CC1.O=S(=O)(O)CC(O)CN1CCN(CCO)CC1. The Balaban J connectivity index is 0. The largest absolute Gasteiger partial charge is 0.412 e. The van der Waals surface area contributed by atoms with E-state index in [-0.39, 0.29) is 37.3 Å². The van der Waals surface area contributed by atoms with Gasteiger partial charge in [0.2, 0.25) is 0 Å². The Labute approximate surface area is 212 Å². The van der Waals surface area contributed by atoms with Crippen molar-refractivity contribution in [1.29, 1.82) is 0 Å². The molecule has 0 aliphatic carbocycles. The molecule has 2 saturated heterocycles. The van der Waals surface area contributed by atoms with Crippen molar-refractivity contribution in [2.24, 2.45) is 0 Å². The molecule has 2 rings (SSSR count). The molecule has 36 heavy (non-hydrogen) atoms. The summed E-state index contributed by atoms with van der Waals surface area (Å²) in [5.41, 5.74) is 0. The van der Waals surface area contributed by atoms with Gasteiger partial charge in [-0.3, -0.25) is 28.7 Å². The lowest BCUT2D eigenvalue weighted by Gasteiger charge is -2.35. The van der Waals surface area contributed by atoms with Crippen LogP contribution in [0, 0.1) is 0 Å². The van der Waals surface area contributed by atoms with Crippen molar-refractivity contribution in [3.8, 4) is 0 Å². The molecule has 0 saturated carbocycles. The van der Waals surface area contributed by atoms with Crippen molar-refractivity contribution < 1.29 is 57.3 Å². The van der Waals surface area contributed by atoms with Crippen LogP contribution >= 0.6 is 0 Å².